The van der Waals surface area contributed by atoms with Gasteiger partial charge in [-0.25, -0.2) is 4.98 Å². The Hall–Kier alpha value is -2.34. The maximum Gasteiger partial charge on any atom is 0.223 e. The number of carbonyl (C=O) groups is 1. The van der Waals surface area contributed by atoms with E-state index in [1.54, 1.807) is 0 Å². The normalized spacial score (nSPS) is 17.9. The predicted molar refractivity (Wildman–Crippen MR) is 123 cm³/mol. The van der Waals surface area contributed by atoms with Crippen LogP contribution in [0.15, 0.2) is 65.1 Å². The molecule has 2 atom stereocenters. The van der Waals surface area contributed by atoms with Crippen LogP contribution < -0.4 is 5.73 Å². The van der Waals surface area contributed by atoms with Gasteiger partial charge in [0.25, 0.3) is 0 Å². The molecule has 1 fully saturated rings. The van der Waals surface area contributed by atoms with Crippen LogP contribution >= 0.6 is 24.8 Å². The lowest BCUT2D eigenvalue weighted by molar-refractivity contribution is -0.130. The second-order valence-corrected chi connectivity index (χ2v) is 7.37. The molecule has 2 aromatic carbocycles. The SMILES string of the molecule is Cc1nc(CCC(=O)N2C[C@@H](N)[C@H](c3ccccc3)C2)oc1-c1ccccc1.Cl.Cl. The third-order valence-corrected chi connectivity index (χ3v) is 5.38. The van der Waals surface area contributed by atoms with Gasteiger partial charge in [-0.3, -0.25) is 4.79 Å². The minimum absolute atomic E-state index is 0. The number of carbonyl (C=O) groups excluding carboxylic acids is 1. The largest absolute Gasteiger partial charge is 0.440 e. The van der Waals surface area contributed by atoms with Gasteiger partial charge in [0.05, 0.1) is 5.69 Å². The molecule has 0 saturated carbocycles. The second-order valence-electron chi connectivity index (χ2n) is 7.37. The summed E-state index contributed by atoms with van der Waals surface area (Å²) in [6.45, 7) is 3.20. The van der Waals surface area contributed by atoms with Gasteiger partial charge in [-0.15, -0.1) is 24.8 Å². The van der Waals surface area contributed by atoms with Crippen LogP contribution in [0, 0.1) is 6.92 Å². The molecule has 160 valence electrons. The highest BCUT2D eigenvalue weighted by molar-refractivity contribution is 5.85. The minimum Gasteiger partial charge on any atom is -0.440 e. The van der Waals surface area contributed by atoms with Crippen molar-refractivity contribution in [3.8, 4) is 11.3 Å². The molecule has 1 aliphatic rings. The summed E-state index contributed by atoms with van der Waals surface area (Å²) in [5.74, 6) is 1.67. The van der Waals surface area contributed by atoms with E-state index < -0.39 is 0 Å². The summed E-state index contributed by atoms with van der Waals surface area (Å²) in [4.78, 5) is 19.1. The number of aryl methyl sites for hydroxylation is 2. The monoisotopic (exact) mass is 447 g/mol. The van der Waals surface area contributed by atoms with Crippen molar-refractivity contribution in [2.24, 2.45) is 5.73 Å². The molecule has 0 bridgehead atoms. The molecular formula is C23H27Cl2N3O2. The van der Waals surface area contributed by atoms with Gasteiger partial charge >= 0.3 is 0 Å². The second kappa shape index (κ2) is 10.6. The predicted octanol–water partition coefficient (Wildman–Crippen LogP) is 4.38. The number of oxazole rings is 1. The lowest BCUT2D eigenvalue weighted by Crippen LogP contribution is -2.32. The van der Waals surface area contributed by atoms with Gasteiger partial charge in [0.2, 0.25) is 5.91 Å². The summed E-state index contributed by atoms with van der Waals surface area (Å²) in [6, 6.07) is 20.1. The fourth-order valence-electron chi connectivity index (χ4n) is 3.87. The van der Waals surface area contributed by atoms with E-state index in [1.165, 1.54) is 5.56 Å². The number of halogens is 2. The van der Waals surface area contributed by atoms with Crippen molar-refractivity contribution < 1.29 is 9.21 Å². The van der Waals surface area contributed by atoms with Gasteiger partial charge in [0.1, 0.15) is 0 Å². The van der Waals surface area contributed by atoms with Crippen molar-refractivity contribution in [2.45, 2.75) is 31.7 Å². The number of rotatable bonds is 5. The number of likely N-dealkylation sites (tertiary alicyclic amines) is 1. The smallest absolute Gasteiger partial charge is 0.223 e. The van der Waals surface area contributed by atoms with Crippen LogP contribution in [0.4, 0.5) is 0 Å². The maximum absolute atomic E-state index is 12.7. The number of nitrogens with two attached hydrogens (primary N) is 1. The van der Waals surface area contributed by atoms with E-state index in [9.17, 15) is 4.79 Å². The molecule has 30 heavy (non-hydrogen) atoms. The van der Waals surface area contributed by atoms with Gasteiger partial charge in [0, 0.05) is 43.5 Å². The minimum atomic E-state index is -0.0278. The van der Waals surface area contributed by atoms with Crippen LogP contribution in [0.3, 0.4) is 0 Å². The van der Waals surface area contributed by atoms with Gasteiger partial charge in [-0.05, 0) is 12.5 Å². The first kappa shape index (κ1) is 23.9. The van der Waals surface area contributed by atoms with Gasteiger partial charge in [-0.2, -0.15) is 0 Å². The molecule has 7 heteroatoms. The molecule has 1 aromatic heterocycles. The lowest BCUT2D eigenvalue weighted by atomic mass is 9.95. The van der Waals surface area contributed by atoms with E-state index in [2.05, 4.69) is 17.1 Å². The summed E-state index contributed by atoms with van der Waals surface area (Å²) >= 11 is 0. The molecule has 5 nitrogen and oxygen atoms in total. The van der Waals surface area contributed by atoms with Gasteiger partial charge < -0.3 is 15.1 Å². The van der Waals surface area contributed by atoms with Gasteiger partial charge in [0.15, 0.2) is 11.7 Å². The first-order chi connectivity index (χ1) is 13.6. The Morgan fingerprint density at radius 3 is 2.37 bits per heavy atom. The molecule has 0 radical (unpaired) electrons. The van der Waals surface area contributed by atoms with Gasteiger partial charge in [-0.1, -0.05) is 60.7 Å². The number of aromatic nitrogens is 1. The van der Waals surface area contributed by atoms with E-state index >= 15 is 0 Å². The zero-order chi connectivity index (χ0) is 19.5. The molecule has 1 amide bonds. The molecule has 2 heterocycles. The van der Waals surface area contributed by atoms with Crippen LogP contribution in [-0.2, 0) is 11.2 Å². The molecule has 0 spiro atoms. The maximum atomic E-state index is 12.7. The van der Waals surface area contributed by atoms with Crippen molar-refractivity contribution in [3.63, 3.8) is 0 Å². The molecule has 1 aliphatic heterocycles. The van der Waals surface area contributed by atoms with Crippen LogP contribution in [0.5, 0.6) is 0 Å². The highest BCUT2D eigenvalue weighted by atomic mass is 35.5. The van der Waals surface area contributed by atoms with Crippen molar-refractivity contribution in [3.05, 3.63) is 77.8 Å². The molecular weight excluding hydrogens is 421 g/mol. The Morgan fingerprint density at radius 2 is 1.70 bits per heavy atom. The number of nitrogens with zero attached hydrogens (tertiary/aromatic N) is 2. The van der Waals surface area contributed by atoms with Crippen LogP contribution in [0.25, 0.3) is 11.3 Å². The fourth-order valence-corrected chi connectivity index (χ4v) is 3.87. The summed E-state index contributed by atoms with van der Waals surface area (Å²) in [5, 5.41) is 0. The quantitative estimate of drug-likeness (QED) is 0.629. The number of amides is 1. The Morgan fingerprint density at radius 1 is 1.07 bits per heavy atom. The van der Waals surface area contributed by atoms with Crippen molar-refractivity contribution in [1.82, 2.24) is 9.88 Å². The highest BCUT2D eigenvalue weighted by Gasteiger charge is 2.33. The first-order valence-corrected chi connectivity index (χ1v) is 9.72. The standard InChI is InChI=1S/C23H25N3O2.2ClH/c1-16-23(18-10-6-3-7-11-18)28-21(25-16)12-13-22(27)26-14-19(20(24)15-26)17-8-4-2-5-9-17;;/h2-11,19-20H,12-15,24H2,1H3;2*1H/t19-,20+;;/m0../s1. The van der Waals surface area contributed by atoms with Crippen molar-refractivity contribution in [1.29, 1.82) is 0 Å². The highest BCUT2D eigenvalue weighted by Crippen LogP contribution is 2.28. The molecule has 1 saturated heterocycles. The Bertz CT molecular complexity index is 948. The molecule has 2 N–H and O–H groups in total. The van der Waals surface area contributed by atoms with Crippen LogP contribution in [0.1, 0.15) is 29.5 Å². The zero-order valence-electron chi connectivity index (χ0n) is 16.9. The Labute approximate surface area is 189 Å². The lowest BCUT2D eigenvalue weighted by Gasteiger charge is -2.16. The zero-order valence-corrected chi connectivity index (χ0v) is 18.5. The van der Waals surface area contributed by atoms with Crippen molar-refractivity contribution >= 4 is 30.7 Å². The topological polar surface area (TPSA) is 72.4 Å². The average molecular weight is 448 g/mol. The van der Waals surface area contributed by atoms with E-state index in [1.807, 2.05) is 60.4 Å². The van der Waals surface area contributed by atoms with Crippen molar-refractivity contribution in [2.75, 3.05) is 13.1 Å². The molecule has 3 aromatic rings. The van der Waals surface area contributed by atoms with E-state index in [0.717, 1.165) is 17.0 Å². The van der Waals surface area contributed by atoms with E-state index in [-0.39, 0.29) is 42.7 Å². The van der Waals surface area contributed by atoms with Crippen LogP contribution in [0.2, 0.25) is 0 Å². The molecule has 0 unspecified atom stereocenters. The number of hydrogen-bond donors (Lipinski definition) is 1. The fraction of sp³-hybridized carbons (Fsp3) is 0.304. The summed E-state index contributed by atoms with van der Waals surface area (Å²) < 4.78 is 5.92. The Balaban J connectivity index is 0.00000160. The van der Waals surface area contributed by atoms with Crippen LogP contribution in [-0.4, -0.2) is 34.9 Å². The van der Waals surface area contributed by atoms with E-state index in [4.69, 9.17) is 10.2 Å². The summed E-state index contributed by atoms with van der Waals surface area (Å²) in [6.07, 6.45) is 0.872. The Kier molecular flexibility index (Phi) is 8.47. The summed E-state index contributed by atoms with van der Waals surface area (Å²) in [5.41, 5.74) is 9.35. The third kappa shape index (κ3) is 5.22. The molecule has 0 aliphatic carbocycles. The number of benzene rings is 2. The van der Waals surface area contributed by atoms with E-state index in [0.29, 0.717) is 31.8 Å². The summed E-state index contributed by atoms with van der Waals surface area (Å²) in [7, 11) is 0. The molecule has 4 rings (SSSR count). The average Bonchev–Trinajstić information content (AvgIpc) is 3.30. The first-order valence-electron chi connectivity index (χ1n) is 9.72. The number of hydrogen-bond acceptors (Lipinski definition) is 4. The third-order valence-electron chi connectivity index (χ3n) is 5.38.